The van der Waals surface area contributed by atoms with Gasteiger partial charge in [-0.15, -0.1) is 22.7 Å². The average molecular weight is 965 g/mol. The fourth-order valence-electron chi connectivity index (χ4n) is 11.5. The molecule has 0 aliphatic heterocycles. The molecule has 0 fully saturated rings. The van der Waals surface area contributed by atoms with E-state index >= 15 is 0 Å². The molecule has 0 radical (unpaired) electrons. The van der Waals surface area contributed by atoms with Gasteiger partial charge in [0.15, 0.2) is 0 Å². The second kappa shape index (κ2) is 14.3. The van der Waals surface area contributed by atoms with Crippen molar-refractivity contribution in [2.45, 2.75) is 0 Å². The maximum absolute atomic E-state index is 10.6. The van der Waals surface area contributed by atoms with Crippen LogP contribution in [0.4, 0.5) is 34.1 Å². The molecule has 17 aromatic rings. The van der Waals surface area contributed by atoms with Crippen molar-refractivity contribution in [1.82, 2.24) is 8.80 Å². The van der Waals surface area contributed by atoms with Gasteiger partial charge in [-0.05, 0) is 84.8 Å². The minimum absolute atomic E-state index is 0.0108. The highest BCUT2D eigenvalue weighted by molar-refractivity contribution is 7.26. The molecule has 0 aliphatic carbocycles. The summed E-state index contributed by atoms with van der Waals surface area (Å²) in [4.78, 5) is 3.70. The van der Waals surface area contributed by atoms with E-state index < -0.39 is 60.4 Å². The molecule has 6 heterocycles. The lowest BCUT2D eigenvalue weighted by Crippen LogP contribution is -2.10. The molecular formula is C66H38N4S2. The number of hydrogen-bond acceptors (Lipinski definition) is 4. The molecule has 0 unspecified atom stereocenters. The predicted octanol–water partition coefficient (Wildman–Crippen LogP) is 19.7. The second-order valence-electron chi connectivity index (χ2n) is 18.1. The van der Waals surface area contributed by atoms with Crippen LogP contribution < -0.4 is 9.80 Å². The molecule has 0 atom stereocenters. The van der Waals surface area contributed by atoms with Crippen LogP contribution in [0.1, 0.15) is 19.2 Å². The Balaban J connectivity index is 1.05. The molecule has 17 rings (SSSR count). The van der Waals surface area contributed by atoms with Gasteiger partial charge in [0.1, 0.15) is 0 Å². The highest BCUT2D eigenvalue weighted by Crippen LogP contribution is 2.53. The molecule has 6 heteroatoms. The van der Waals surface area contributed by atoms with Crippen LogP contribution in [0.15, 0.2) is 230 Å². The first-order chi connectivity index (χ1) is 41.6. The Kier molecular flexibility index (Phi) is 5.58. The SMILES string of the molecule is [2H]c1c([2H])c([2H])c2c(c1N(c1ccccc1)c1cccc3c1sc1ccccc13)c1c([2H])c([2H])c([2H])c3c4c([2H])c5c(c([2H])c4n2c13)c1c([2H])c([2H])c([2H])c2c3c(N(c4ccccc4)c4cccc6c4sc4ccccc46)c([2H])c([2H])c([2H])c3n5c21. The van der Waals surface area contributed by atoms with E-state index in [9.17, 15) is 19.2 Å². The summed E-state index contributed by atoms with van der Waals surface area (Å²) in [6.45, 7) is 0. The van der Waals surface area contributed by atoms with Gasteiger partial charge in [-0.25, -0.2) is 0 Å². The molecule has 0 aliphatic rings. The first-order valence-corrected chi connectivity index (χ1v) is 25.1. The third kappa shape index (κ3) is 5.04. The predicted molar refractivity (Wildman–Crippen MR) is 311 cm³/mol. The number of hydrogen-bond donors (Lipinski definition) is 0. The van der Waals surface area contributed by atoms with E-state index in [1.165, 1.54) is 8.80 Å². The summed E-state index contributed by atoms with van der Waals surface area (Å²) in [5.41, 5.74) is 2.80. The lowest BCUT2D eigenvalue weighted by molar-refractivity contribution is 1.31. The maximum Gasteiger partial charge on any atom is 0.0653 e. The van der Waals surface area contributed by atoms with Crippen LogP contribution in [0, 0.1) is 0 Å². The van der Waals surface area contributed by atoms with Crippen LogP contribution >= 0.6 is 22.7 Å². The fraction of sp³-hybridized carbons (Fsp3) is 0. The smallest absolute Gasteiger partial charge is 0.0653 e. The molecule has 334 valence electrons. The number of thiophene rings is 2. The molecule has 0 saturated heterocycles. The summed E-state index contributed by atoms with van der Waals surface area (Å²) in [6.07, 6.45) is 0. The molecule has 72 heavy (non-hydrogen) atoms. The Morgan fingerprint density at radius 3 is 1.19 bits per heavy atom. The molecule has 0 N–H and O–H groups in total. The summed E-state index contributed by atoms with van der Waals surface area (Å²) in [5.74, 6) is 0. The number of aromatic nitrogens is 2. The molecule has 4 nitrogen and oxygen atoms in total. The zero-order valence-electron chi connectivity index (χ0n) is 51.5. The monoisotopic (exact) mass is 964 g/mol. The first-order valence-electron chi connectivity index (χ1n) is 30.5. The maximum atomic E-state index is 10.6. The normalized spacial score (nSPS) is 15.2. The van der Waals surface area contributed by atoms with Crippen molar-refractivity contribution in [2.24, 2.45) is 0 Å². The van der Waals surface area contributed by atoms with Gasteiger partial charge >= 0.3 is 0 Å². The van der Waals surface area contributed by atoms with Crippen molar-refractivity contribution >= 4 is 173 Å². The van der Waals surface area contributed by atoms with E-state index in [0.717, 1.165) is 40.3 Å². The molecule has 11 aromatic carbocycles. The van der Waals surface area contributed by atoms with Crippen LogP contribution in [0.25, 0.3) is 117 Å². The van der Waals surface area contributed by atoms with Gasteiger partial charge < -0.3 is 18.6 Å². The first kappa shape index (κ1) is 28.0. The van der Waals surface area contributed by atoms with E-state index in [-0.39, 0.29) is 112 Å². The Hall–Kier alpha value is -8.94. The van der Waals surface area contributed by atoms with E-state index in [2.05, 4.69) is 0 Å². The molecule has 0 saturated carbocycles. The average Bonchev–Trinajstić information content (AvgIpc) is 1.50. The van der Waals surface area contributed by atoms with Crippen molar-refractivity contribution in [3.05, 3.63) is 230 Å². The Labute approximate surface area is 439 Å². The number of benzene rings is 11. The molecule has 0 spiro atoms. The highest BCUT2D eigenvalue weighted by atomic mass is 32.1. The van der Waals surface area contributed by atoms with Crippen LogP contribution in [0.3, 0.4) is 0 Å². The van der Waals surface area contributed by atoms with Crippen molar-refractivity contribution in [3.63, 3.8) is 0 Å². The molecule has 0 amide bonds. The van der Waals surface area contributed by atoms with Gasteiger partial charge in [0.2, 0.25) is 0 Å². The largest absolute Gasteiger partial charge is 0.308 e. The van der Waals surface area contributed by atoms with Crippen LogP contribution in [0.5, 0.6) is 0 Å². The molecule has 0 bridgehead atoms. The van der Waals surface area contributed by atoms with Crippen LogP contribution in [0.2, 0.25) is 0 Å². The van der Waals surface area contributed by atoms with Gasteiger partial charge in [0.25, 0.3) is 0 Å². The summed E-state index contributed by atoms with van der Waals surface area (Å²) in [7, 11) is 0. The zero-order chi connectivity index (χ0) is 58.9. The third-order valence-electron chi connectivity index (χ3n) is 14.4. The Morgan fingerprint density at radius 2 is 0.722 bits per heavy atom. The van der Waals surface area contributed by atoms with E-state index in [0.29, 0.717) is 22.7 Å². The standard InChI is InChI=1S/C66H38N4S2/c1-3-17-39(18-4-1)67(55-33-13-25-45-41-21-7-9-35-59(41)71-65(45)55)51-29-15-31-53-61(51)47-27-11-23-43-49-38-58-50(37-57(49)69(53)63(43)47)44-24-12-28-48-62-52(30-16-32-54(62)70(58)64(44)48)68(40-19-5-2-6-20-40)56-34-14-26-46-42-22-8-10-36-60(42)72-66(46)56/h1-38H/i11D,12D,15D,16D,23D,24D,27D,28D,29D,30D,31D,32D,37D,38D. The van der Waals surface area contributed by atoms with Gasteiger partial charge in [0, 0.05) is 85.4 Å². The summed E-state index contributed by atoms with van der Waals surface area (Å²) >= 11 is 3.11. The number of fused-ring (bicyclic) bond motifs is 18. The molecular weight excluding hydrogens is 913 g/mol. The van der Waals surface area contributed by atoms with Crippen LogP contribution in [-0.2, 0) is 0 Å². The van der Waals surface area contributed by atoms with Crippen molar-refractivity contribution < 1.29 is 19.2 Å². The lowest BCUT2D eigenvalue weighted by atomic mass is 10.0. The van der Waals surface area contributed by atoms with Crippen molar-refractivity contribution in [1.29, 1.82) is 0 Å². The lowest BCUT2D eigenvalue weighted by Gasteiger charge is -2.27. The number of nitrogens with zero attached hydrogens (tertiary/aromatic N) is 4. The van der Waals surface area contributed by atoms with Gasteiger partial charge in [0.05, 0.1) is 84.4 Å². The van der Waals surface area contributed by atoms with Crippen LogP contribution in [-0.4, -0.2) is 8.80 Å². The van der Waals surface area contributed by atoms with Gasteiger partial charge in [-0.3, -0.25) is 0 Å². The topological polar surface area (TPSA) is 15.3 Å². The zero-order valence-corrected chi connectivity index (χ0v) is 39.1. The Morgan fingerprint density at radius 1 is 0.319 bits per heavy atom. The molecule has 6 aromatic heterocycles. The van der Waals surface area contributed by atoms with E-state index in [1.54, 1.807) is 22.7 Å². The summed E-state index contributed by atoms with van der Waals surface area (Å²) in [6, 6.07) is 40.3. The van der Waals surface area contributed by atoms with Crippen molar-refractivity contribution in [3.8, 4) is 0 Å². The quantitative estimate of drug-likeness (QED) is 0.165. The Bertz CT molecular complexity index is 5560. The fourth-order valence-corrected chi connectivity index (χ4v) is 13.9. The summed E-state index contributed by atoms with van der Waals surface area (Å²) in [5, 5.41) is 4.24. The third-order valence-corrected chi connectivity index (χ3v) is 16.8. The highest BCUT2D eigenvalue weighted by Gasteiger charge is 2.28. The van der Waals surface area contributed by atoms with Crippen molar-refractivity contribution in [2.75, 3.05) is 9.80 Å². The van der Waals surface area contributed by atoms with E-state index in [1.807, 2.05) is 155 Å². The number of para-hydroxylation sites is 4. The second-order valence-corrected chi connectivity index (χ2v) is 20.2. The van der Waals surface area contributed by atoms with E-state index in [4.69, 9.17) is 0 Å². The minimum Gasteiger partial charge on any atom is -0.308 e. The number of anilines is 6. The minimum atomic E-state index is -0.527. The van der Waals surface area contributed by atoms with Gasteiger partial charge in [-0.1, -0.05) is 145 Å². The van der Waals surface area contributed by atoms with Gasteiger partial charge in [-0.2, -0.15) is 0 Å². The summed E-state index contributed by atoms with van der Waals surface area (Å²) < 4.78 is 145. The number of rotatable bonds is 6.